The van der Waals surface area contributed by atoms with Crippen molar-refractivity contribution in [2.45, 2.75) is 52.5 Å². The molecule has 1 aliphatic heterocycles. The molecule has 2 heterocycles. The summed E-state index contributed by atoms with van der Waals surface area (Å²) in [5.41, 5.74) is 2.52. The molecule has 0 saturated carbocycles. The molecule has 0 fully saturated rings. The second-order valence-electron chi connectivity index (χ2n) is 5.10. The fraction of sp³-hybridized carbons (Fsp3) is 0.769. The number of aliphatic hydroxyl groups is 1. The third kappa shape index (κ3) is 2.29. The van der Waals surface area contributed by atoms with Gasteiger partial charge in [-0.15, -0.1) is 0 Å². The van der Waals surface area contributed by atoms with Crippen LogP contribution < -0.4 is 0 Å². The van der Waals surface area contributed by atoms with Gasteiger partial charge in [-0.3, -0.25) is 0 Å². The lowest BCUT2D eigenvalue weighted by molar-refractivity contribution is 0.297. The van der Waals surface area contributed by atoms with E-state index in [9.17, 15) is 0 Å². The highest BCUT2D eigenvalue weighted by atomic mass is 16.3. The number of hydrogen-bond donors (Lipinski definition) is 1. The zero-order valence-electron chi connectivity index (χ0n) is 10.4. The zero-order valence-corrected chi connectivity index (χ0v) is 10.4. The van der Waals surface area contributed by atoms with Gasteiger partial charge in [0.1, 0.15) is 5.82 Å². The monoisotopic (exact) mass is 222 g/mol. The zero-order chi connectivity index (χ0) is 11.5. The lowest BCUT2D eigenvalue weighted by atomic mass is 10.1. The van der Waals surface area contributed by atoms with Gasteiger partial charge in [-0.25, -0.2) is 4.98 Å². The molecule has 0 radical (unpaired) electrons. The van der Waals surface area contributed by atoms with E-state index in [4.69, 9.17) is 10.1 Å². The Hall–Kier alpha value is -0.830. The lowest BCUT2D eigenvalue weighted by Crippen LogP contribution is -2.14. The normalized spacial score (nSPS) is 15.5. The fourth-order valence-corrected chi connectivity index (χ4v) is 2.52. The first-order valence-corrected chi connectivity index (χ1v) is 6.40. The molecular weight excluding hydrogens is 200 g/mol. The van der Waals surface area contributed by atoms with Crippen LogP contribution in [0.25, 0.3) is 0 Å². The summed E-state index contributed by atoms with van der Waals surface area (Å²) in [5, 5.41) is 9.06. The van der Waals surface area contributed by atoms with Crippen LogP contribution in [0.1, 0.15) is 43.9 Å². The van der Waals surface area contributed by atoms with E-state index >= 15 is 0 Å². The van der Waals surface area contributed by atoms with Gasteiger partial charge in [-0.2, -0.15) is 0 Å². The van der Waals surface area contributed by atoms with Crippen LogP contribution in [0.5, 0.6) is 0 Å². The fourth-order valence-electron chi connectivity index (χ4n) is 2.52. The van der Waals surface area contributed by atoms with E-state index in [1.54, 1.807) is 0 Å². The Balaban J connectivity index is 2.30. The van der Waals surface area contributed by atoms with Gasteiger partial charge in [-0.05, 0) is 25.2 Å². The lowest BCUT2D eigenvalue weighted by Gasteiger charge is -2.18. The summed E-state index contributed by atoms with van der Waals surface area (Å²) >= 11 is 0. The van der Waals surface area contributed by atoms with Gasteiger partial charge < -0.3 is 9.67 Å². The third-order valence-electron chi connectivity index (χ3n) is 3.22. The largest absolute Gasteiger partial charge is 0.396 e. The molecule has 0 aliphatic carbocycles. The second kappa shape index (κ2) is 5.00. The predicted molar refractivity (Wildman–Crippen MR) is 64.5 cm³/mol. The van der Waals surface area contributed by atoms with E-state index in [0.29, 0.717) is 12.3 Å². The minimum absolute atomic E-state index is 0.213. The maximum Gasteiger partial charge on any atom is 0.109 e. The molecule has 0 amide bonds. The standard InChI is InChI=1S/C13H22N2O/c1-10(2)9-13-14-11(6-8-16)12-5-3-4-7-15(12)13/h10,16H,3-9H2,1-2H3. The van der Waals surface area contributed by atoms with Crippen molar-refractivity contribution >= 4 is 0 Å². The highest BCUT2D eigenvalue weighted by Gasteiger charge is 2.19. The topological polar surface area (TPSA) is 38.1 Å². The molecule has 16 heavy (non-hydrogen) atoms. The quantitative estimate of drug-likeness (QED) is 0.845. The average Bonchev–Trinajstić information content (AvgIpc) is 2.58. The average molecular weight is 222 g/mol. The van der Waals surface area contributed by atoms with Gasteiger partial charge in [0.2, 0.25) is 0 Å². The number of fused-ring (bicyclic) bond motifs is 1. The Bertz CT molecular complexity index is 355. The molecule has 1 aromatic heterocycles. The number of nitrogens with zero attached hydrogens (tertiary/aromatic N) is 2. The summed E-state index contributed by atoms with van der Waals surface area (Å²) in [5.74, 6) is 1.88. The summed E-state index contributed by atoms with van der Waals surface area (Å²) < 4.78 is 2.40. The van der Waals surface area contributed by atoms with Crippen molar-refractivity contribution in [2.24, 2.45) is 5.92 Å². The van der Waals surface area contributed by atoms with Crippen LogP contribution in [0.15, 0.2) is 0 Å². The van der Waals surface area contributed by atoms with E-state index in [-0.39, 0.29) is 6.61 Å². The van der Waals surface area contributed by atoms with Crippen molar-refractivity contribution in [3.05, 3.63) is 17.2 Å². The molecule has 0 saturated heterocycles. The highest BCUT2D eigenvalue weighted by Crippen LogP contribution is 2.22. The summed E-state index contributed by atoms with van der Waals surface area (Å²) in [4.78, 5) is 4.72. The van der Waals surface area contributed by atoms with Crippen molar-refractivity contribution in [3.63, 3.8) is 0 Å². The van der Waals surface area contributed by atoms with Gasteiger partial charge in [0, 0.05) is 31.7 Å². The summed E-state index contributed by atoms with van der Waals surface area (Å²) in [6.07, 6.45) is 5.45. The van der Waals surface area contributed by atoms with Crippen molar-refractivity contribution < 1.29 is 5.11 Å². The molecule has 1 N–H and O–H groups in total. The van der Waals surface area contributed by atoms with Gasteiger partial charge >= 0.3 is 0 Å². The molecule has 2 rings (SSSR count). The Morgan fingerprint density at radius 2 is 2.19 bits per heavy atom. The van der Waals surface area contributed by atoms with Gasteiger partial charge in [0.15, 0.2) is 0 Å². The Labute approximate surface area is 97.5 Å². The van der Waals surface area contributed by atoms with E-state index in [1.165, 1.54) is 24.4 Å². The van der Waals surface area contributed by atoms with Crippen LogP contribution in [0.4, 0.5) is 0 Å². The summed E-state index contributed by atoms with van der Waals surface area (Å²) in [6, 6.07) is 0. The van der Waals surface area contributed by atoms with Crippen LogP contribution in [0.2, 0.25) is 0 Å². The van der Waals surface area contributed by atoms with Gasteiger partial charge in [-0.1, -0.05) is 13.8 Å². The molecule has 1 aliphatic rings. The van der Waals surface area contributed by atoms with Gasteiger partial charge in [0.25, 0.3) is 0 Å². The Morgan fingerprint density at radius 3 is 2.88 bits per heavy atom. The van der Waals surface area contributed by atoms with Crippen molar-refractivity contribution in [1.29, 1.82) is 0 Å². The molecule has 1 aromatic rings. The molecular formula is C13H22N2O. The maximum atomic E-state index is 9.06. The molecule has 0 atom stereocenters. The number of aromatic nitrogens is 2. The minimum Gasteiger partial charge on any atom is -0.396 e. The first kappa shape index (κ1) is 11.6. The number of aliphatic hydroxyl groups excluding tert-OH is 1. The molecule has 90 valence electrons. The Kier molecular flexibility index (Phi) is 3.64. The molecule has 3 heteroatoms. The molecule has 3 nitrogen and oxygen atoms in total. The van der Waals surface area contributed by atoms with Crippen LogP contribution in [0, 0.1) is 5.92 Å². The van der Waals surface area contributed by atoms with Crippen LogP contribution in [-0.2, 0) is 25.8 Å². The number of hydrogen-bond acceptors (Lipinski definition) is 2. The van der Waals surface area contributed by atoms with Crippen molar-refractivity contribution in [3.8, 4) is 0 Å². The van der Waals surface area contributed by atoms with E-state index < -0.39 is 0 Å². The molecule has 0 spiro atoms. The molecule has 0 aromatic carbocycles. The highest BCUT2D eigenvalue weighted by molar-refractivity contribution is 5.20. The third-order valence-corrected chi connectivity index (χ3v) is 3.22. The van der Waals surface area contributed by atoms with E-state index in [2.05, 4.69) is 18.4 Å². The first-order valence-electron chi connectivity index (χ1n) is 6.40. The minimum atomic E-state index is 0.213. The van der Waals surface area contributed by atoms with Crippen molar-refractivity contribution in [1.82, 2.24) is 9.55 Å². The number of imidazole rings is 1. The predicted octanol–water partition coefficient (Wildman–Crippen LogP) is 1.95. The van der Waals surface area contributed by atoms with Gasteiger partial charge in [0.05, 0.1) is 5.69 Å². The molecule has 0 unspecified atom stereocenters. The number of rotatable bonds is 4. The molecule has 0 bridgehead atoms. The summed E-state index contributed by atoms with van der Waals surface area (Å²) in [7, 11) is 0. The van der Waals surface area contributed by atoms with E-state index in [1.807, 2.05) is 0 Å². The van der Waals surface area contributed by atoms with Crippen molar-refractivity contribution in [2.75, 3.05) is 6.61 Å². The smallest absolute Gasteiger partial charge is 0.109 e. The second-order valence-corrected chi connectivity index (χ2v) is 5.10. The van der Waals surface area contributed by atoms with Crippen LogP contribution >= 0.6 is 0 Å². The van der Waals surface area contributed by atoms with Crippen LogP contribution in [0.3, 0.4) is 0 Å². The van der Waals surface area contributed by atoms with E-state index in [0.717, 1.165) is 25.1 Å². The SMILES string of the molecule is CC(C)Cc1nc(CCO)c2n1CCCC2. The Morgan fingerprint density at radius 1 is 1.38 bits per heavy atom. The first-order chi connectivity index (χ1) is 7.72. The maximum absolute atomic E-state index is 9.06. The summed E-state index contributed by atoms with van der Waals surface area (Å²) in [6.45, 7) is 5.80. The van der Waals surface area contributed by atoms with Crippen LogP contribution in [-0.4, -0.2) is 21.3 Å².